The molecule has 0 aliphatic carbocycles. The highest BCUT2D eigenvalue weighted by atomic mass is 16.5. The third-order valence-corrected chi connectivity index (χ3v) is 2.86. The van der Waals surface area contributed by atoms with Crippen molar-refractivity contribution in [3.05, 3.63) is 24.3 Å². The molecule has 2 N–H and O–H groups in total. The summed E-state index contributed by atoms with van der Waals surface area (Å²) >= 11 is 0. The number of hydrogen-bond acceptors (Lipinski definition) is 4. The lowest BCUT2D eigenvalue weighted by molar-refractivity contribution is 0.0758. The lowest BCUT2D eigenvalue weighted by atomic mass is 9.80. The van der Waals surface area contributed by atoms with Gasteiger partial charge in [-0.15, -0.1) is 0 Å². The van der Waals surface area contributed by atoms with Crippen LogP contribution in [0.1, 0.15) is 26.7 Å². The maximum atomic E-state index is 8.95. The van der Waals surface area contributed by atoms with E-state index >= 15 is 0 Å². The quantitative estimate of drug-likeness (QED) is 0.521. The van der Waals surface area contributed by atoms with Crippen molar-refractivity contribution in [2.45, 2.75) is 26.7 Å². The van der Waals surface area contributed by atoms with Gasteiger partial charge in [0.15, 0.2) is 0 Å². The van der Waals surface area contributed by atoms with Crippen molar-refractivity contribution < 1.29 is 19.5 Å². The Labute approximate surface area is 115 Å². The molecule has 1 atom stereocenters. The predicted octanol–water partition coefficient (Wildman–Crippen LogP) is 1.20. The molecule has 5 heteroatoms. The van der Waals surface area contributed by atoms with Gasteiger partial charge in [0, 0.05) is 6.61 Å². The second kappa shape index (κ2) is 8.96. The van der Waals surface area contributed by atoms with Crippen LogP contribution >= 0.6 is 0 Å². The minimum Gasteiger partial charge on any atom is -0.491 e. The molecule has 0 saturated carbocycles. The standard InChI is InChI=1S/C14H23BO4/c1-3-4-12(2)11-18-9-10-19-14-7-5-13(6-8-14)15(16)17/h5-8,12,16-17H,3-4,9-11H2,1-2H3. The molecule has 0 aromatic heterocycles. The van der Waals surface area contributed by atoms with Crippen molar-refractivity contribution in [3.63, 3.8) is 0 Å². The third kappa shape index (κ3) is 6.62. The van der Waals surface area contributed by atoms with E-state index in [1.807, 2.05) is 0 Å². The Morgan fingerprint density at radius 3 is 2.42 bits per heavy atom. The topological polar surface area (TPSA) is 58.9 Å². The second-order valence-corrected chi connectivity index (χ2v) is 4.76. The summed E-state index contributed by atoms with van der Waals surface area (Å²) in [5.74, 6) is 1.30. The second-order valence-electron chi connectivity index (χ2n) is 4.76. The average Bonchev–Trinajstić information content (AvgIpc) is 2.39. The largest absolute Gasteiger partial charge is 0.491 e. The first-order chi connectivity index (χ1) is 9.13. The van der Waals surface area contributed by atoms with Crippen molar-refractivity contribution >= 4 is 12.6 Å². The number of benzene rings is 1. The molecule has 0 aliphatic rings. The van der Waals surface area contributed by atoms with Gasteiger partial charge < -0.3 is 19.5 Å². The Bertz CT molecular complexity index is 340. The van der Waals surface area contributed by atoms with Gasteiger partial charge in [-0.1, -0.05) is 32.4 Å². The van der Waals surface area contributed by atoms with E-state index in [1.165, 1.54) is 12.8 Å². The van der Waals surface area contributed by atoms with E-state index in [2.05, 4.69) is 13.8 Å². The van der Waals surface area contributed by atoms with E-state index in [-0.39, 0.29) is 0 Å². The van der Waals surface area contributed by atoms with Gasteiger partial charge in [0.05, 0.1) is 6.61 Å². The van der Waals surface area contributed by atoms with Crippen LogP contribution < -0.4 is 10.2 Å². The molecule has 0 radical (unpaired) electrons. The molecule has 1 unspecified atom stereocenters. The highest BCUT2D eigenvalue weighted by Crippen LogP contribution is 2.08. The highest BCUT2D eigenvalue weighted by molar-refractivity contribution is 6.58. The SMILES string of the molecule is CCCC(C)COCCOc1ccc(B(O)O)cc1. The minimum atomic E-state index is -1.43. The summed E-state index contributed by atoms with van der Waals surface area (Å²) in [5.41, 5.74) is 0.456. The van der Waals surface area contributed by atoms with Gasteiger partial charge in [-0.2, -0.15) is 0 Å². The van der Waals surface area contributed by atoms with E-state index < -0.39 is 7.12 Å². The van der Waals surface area contributed by atoms with Gasteiger partial charge in [0.1, 0.15) is 12.4 Å². The van der Waals surface area contributed by atoms with E-state index in [0.29, 0.717) is 30.3 Å². The van der Waals surface area contributed by atoms with Crippen molar-refractivity contribution in [1.29, 1.82) is 0 Å². The van der Waals surface area contributed by atoms with Gasteiger partial charge in [0.25, 0.3) is 0 Å². The summed E-state index contributed by atoms with van der Waals surface area (Å²) in [4.78, 5) is 0. The van der Waals surface area contributed by atoms with E-state index in [1.54, 1.807) is 24.3 Å². The van der Waals surface area contributed by atoms with Crippen LogP contribution in [0.15, 0.2) is 24.3 Å². The van der Waals surface area contributed by atoms with Crippen LogP contribution in [-0.2, 0) is 4.74 Å². The summed E-state index contributed by atoms with van der Waals surface area (Å²) < 4.78 is 11.0. The van der Waals surface area contributed by atoms with Gasteiger partial charge >= 0.3 is 7.12 Å². The Balaban J connectivity index is 2.15. The van der Waals surface area contributed by atoms with E-state index in [9.17, 15) is 0 Å². The molecule has 4 nitrogen and oxygen atoms in total. The van der Waals surface area contributed by atoms with Crippen LogP contribution in [0.5, 0.6) is 5.75 Å². The first-order valence-electron chi connectivity index (χ1n) is 6.80. The number of ether oxygens (including phenoxy) is 2. The van der Waals surface area contributed by atoms with Gasteiger partial charge in [-0.25, -0.2) is 0 Å². The molecule has 0 heterocycles. The maximum absolute atomic E-state index is 8.95. The van der Waals surface area contributed by atoms with E-state index in [0.717, 1.165) is 6.61 Å². The number of hydrogen-bond donors (Lipinski definition) is 2. The monoisotopic (exact) mass is 266 g/mol. The Morgan fingerprint density at radius 2 is 1.84 bits per heavy atom. The lowest BCUT2D eigenvalue weighted by Gasteiger charge is -2.11. The van der Waals surface area contributed by atoms with Crippen molar-refractivity contribution in [2.75, 3.05) is 19.8 Å². The van der Waals surface area contributed by atoms with Crippen LogP contribution in [-0.4, -0.2) is 37.0 Å². The molecule has 0 saturated heterocycles. The lowest BCUT2D eigenvalue weighted by Crippen LogP contribution is -2.29. The van der Waals surface area contributed by atoms with Crippen molar-refractivity contribution in [2.24, 2.45) is 5.92 Å². The third-order valence-electron chi connectivity index (χ3n) is 2.86. The maximum Gasteiger partial charge on any atom is 0.488 e. The highest BCUT2D eigenvalue weighted by Gasteiger charge is 2.09. The molecule has 1 aromatic carbocycles. The van der Waals surface area contributed by atoms with E-state index in [4.69, 9.17) is 19.5 Å². The first-order valence-corrected chi connectivity index (χ1v) is 6.80. The molecule has 0 amide bonds. The summed E-state index contributed by atoms with van der Waals surface area (Å²) in [5, 5.41) is 17.9. The fraction of sp³-hybridized carbons (Fsp3) is 0.571. The molecule has 1 rings (SSSR count). The zero-order valence-corrected chi connectivity index (χ0v) is 11.7. The summed E-state index contributed by atoms with van der Waals surface area (Å²) in [6, 6.07) is 6.69. The fourth-order valence-electron chi connectivity index (χ4n) is 1.82. The zero-order valence-electron chi connectivity index (χ0n) is 11.7. The average molecular weight is 266 g/mol. The van der Waals surface area contributed by atoms with Gasteiger partial charge in [-0.05, 0) is 29.9 Å². The summed E-state index contributed by atoms with van der Waals surface area (Å²) in [6.45, 7) is 6.20. The van der Waals surface area contributed by atoms with Crippen LogP contribution in [0.3, 0.4) is 0 Å². The molecule has 0 aliphatic heterocycles. The van der Waals surface area contributed by atoms with Crippen molar-refractivity contribution in [3.8, 4) is 5.75 Å². The van der Waals surface area contributed by atoms with Crippen molar-refractivity contribution in [1.82, 2.24) is 0 Å². The molecule has 0 spiro atoms. The van der Waals surface area contributed by atoms with Crippen LogP contribution in [0.4, 0.5) is 0 Å². The fourth-order valence-corrected chi connectivity index (χ4v) is 1.82. The first kappa shape index (κ1) is 16.0. The molecule has 0 fully saturated rings. The minimum absolute atomic E-state index is 0.456. The normalized spacial score (nSPS) is 12.2. The zero-order chi connectivity index (χ0) is 14.1. The molecule has 0 bridgehead atoms. The Kier molecular flexibility index (Phi) is 7.56. The van der Waals surface area contributed by atoms with Crippen LogP contribution in [0.25, 0.3) is 0 Å². The summed E-state index contributed by atoms with van der Waals surface area (Å²) in [6.07, 6.45) is 2.37. The smallest absolute Gasteiger partial charge is 0.488 e. The molecule has 1 aromatic rings. The Hall–Kier alpha value is -1.04. The predicted molar refractivity (Wildman–Crippen MR) is 76.7 cm³/mol. The molecular formula is C14H23BO4. The van der Waals surface area contributed by atoms with Gasteiger partial charge in [0.2, 0.25) is 0 Å². The Morgan fingerprint density at radius 1 is 1.16 bits per heavy atom. The van der Waals surface area contributed by atoms with Crippen LogP contribution in [0, 0.1) is 5.92 Å². The van der Waals surface area contributed by atoms with Crippen LogP contribution in [0.2, 0.25) is 0 Å². The molecular weight excluding hydrogens is 243 g/mol. The number of rotatable bonds is 9. The molecule has 19 heavy (non-hydrogen) atoms. The van der Waals surface area contributed by atoms with Gasteiger partial charge in [-0.3, -0.25) is 0 Å². The molecule has 106 valence electrons. The summed E-state index contributed by atoms with van der Waals surface area (Å²) in [7, 11) is -1.43.